The molecular formula is C47H43N3. The highest BCUT2D eigenvalue weighted by molar-refractivity contribution is 5.73. The van der Waals surface area contributed by atoms with E-state index in [0.29, 0.717) is 17.5 Å². The topological polar surface area (TPSA) is 38.7 Å². The molecule has 0 saturated heterocycles. The molecule has 0 radical (unpaired) electrons. The predicted molar refractivity (Wildman–Crippen MR) is 210 cm³/mol. The molecule has 0 atom stereocenters. The van der Waals surface area contributed by atoms with E-state index in [0.717, 1.165) is 34.2 Å². The monoisotopic (exact) mass is 649 g/mol. The van der Waals surface area contributed by atoms with Crippen molar-refractivity contribution in [1.82, 2.24) is 15.0 Å². The average molecular weight is 650 g/mol. The maximum absolute atomic E-state index is 5.02. The van der Waals surface area contributed by atoms with Gasteiger partial charge in [0.05, 0.1) is 0 Å². The van der Waals surface area contributed by atoms with Gasteiger partial charge in [0.25, 0.3) is 0 Å². The molecule has 1 aromatic heterocycles. The van der Waals surface area contributed by atoms with Crippen LogP contribution < -0.4 is 0 Å². The van der Waals surface area contributed by atoms with E-state index in [2.05, 4.69) is 166 Å². The zero-order valence-corrected chi connectivity index (χ0v) is 29.2. The van der Waals surface area contributed by atoms with Gasteiger partial charge in [-0.3, -0.25) is 0 Å². The zero-order valence-electron chi connectivity index (χ0n) is 29.2. The van der Waals surface area contributed by atoms with Crippen LogP contribution in [0.4, 0.5) is 0 Å². The first-order valence-corrected chi connectivity index (χ1v) is 17.8. The van der Waals surface area contributed by atoms with Crippen LogP contribution in [0.2, 0.25) is 0 Å². The van der Waals surface area contributed by atoms with Crippen molar-refractivity contribution in [3.63, 3.8) is 0 Å². The molecule has 7 rings (SSSR count). The lowest BCUT2D eigenvalue weighted by Crippen LogP contribution is -2.00. The molecule has 0 aliphatic carbocycles. The van der Waals surface area contributed by atoms with Crippen molar-refractivity contribution in [2.45, 2.75) is 52.9 Å². The minimum atomic E-state index is 0.654. The normalized spacial score (nSPS) is 11.1. The number of hydrogen-bond donors (Lipinski definition) is 0. The summed E-state index contributed by atoms with van der Waals surface area (Å²) in [6.07, 6.45) is 6.29. The summed E-state index contributed by atoms with van der Waals surface area (Å²) in [7, 11) is 0. The van der Waals surface area contributed by atoms with E-state index in [-0.39, 0.29) is 0 Å². The molecule has 0 aliphatic heterocycles. The molecule has 50 heavy (non-hydrogen) atoms. The Kier molecular flexibility index (Phi) is 10.0. The fraction of sp³-hybridized carbons (Fsp3) is 0.170. The van der Waals surface area contributed by atoms with Crippen LogP contribution in [0, 0.1) is 13.8 Å². The number of aryl methyl sites for hydroxylation is 3. The summed E-state index contributed by atoms with van der Waals surface area (Å²) in [5.74, 6) is 1.97. The number of unbranched alkanes of at least 4 members (excludes halogenated alkanes) is 3. The molecule has 6 aromatic carbocycles. The largest absolute Gasteiger partial charge is 0.208 e. The molecule has 0 amide bonds. The van der Waals surface area contributed by atoms with Crippen molar-refractivity contribution >= 4 is 0 Å². The quantitative estimate of drug-likeness (QED) is 0.131. The van der Waals surface area contributed by atoms with Crippen LogP contribution in [-0.2, 0) is 6.42 Å². The Hall–Kier alpha value is -5.67. The average Bonchev–Trinajstić information content (AvgIpc) is 3.17. The molecule has 3 nitrogen and oxygen atoms in total. The van der Waals surface area contributed by atoms with Gasteiger partial charge < -0.3 is 0 Å². The molecule has 3 heteroatoms. The number of hydrogen-bond acceptors (Lipinski definition) is 3. The molecule has 0 fully saturated rings. The van der Waals surface area contributed by atoms with Gasteiger partial charge in [-0.25, -0.2) is 15.0 Å². The molecule has 0 spiro atoms. The Morgan fingerprint density at radius 1 is 0.320 bits per heavy atom. The van der Waals surface area contributed by atoms with Crippen molar-refractivity contribution in [1.29, 1.82) is 0 Å². The summed E-state index contributed by atoms with van der Waals surface area (Å²) in [6, 6.07) is 51.8. The second-order valence-electron chi connectivity index (χ2n) is 13.3. The lowest BCUT2D eigenvalue weighted by atomic mass is 10.00. The van der Waals surface area contributed by atoms with E-state index in [1.165, 1.54) is 64.6 Å². The first-order valence-electron chi connectivity index (χ1n) is 17.8. The predicted octanol–water partition coefficient (Wildman–Crippen LogP) is 12.6. The number of nitrogens with zero attached hydrogens (tertiary/aromatic N) is 3. The van der Waals surface area contributed by atoms with Crippen molar-refractivity contribution < 1.29 is 0 Å². The van der Waals surface area contributed by atoms with Crippen LogP contribution in [0.5, 0.6) is 0 Å². The summed E-state index contributed by atoms with van der Waals surface area (Å²) in [5.41, 5.74) is 13.9. The van der Waals surface area contributed by atoms with Crippen molar-refractivity contribution in [2.75, 3.05) is 0 Å². The van der Waals surface area contributed by atoms with Crippen LogP contribution >= 0.6 is 0 Å². The van der Waals surface area contributed by atoms with Gasteiger partial charge in [0.15, 0.2) is 17.5 Å². The fourth-order valence-electron chi connectivity index (χ4n) is 6.31. The van der Waals surface area contributed by atoms with E-state index in [9.17, 15) is 0 Å². The highest BCUT2D eigenvalue weighted by Gasteiger charge is 2.13. The summed E-state index contributed by atoms with van der Waals surface area (Å²) in [4.78, 5) is 15.1. The summed E-state index contributed by atoms with van der Waals surface area (Å²) in [5, 5.41) is 0. The van der Waals surface area contributed by atoms with Gasteiger partial charge in [-0.2, -0.15) is 0 Å². The molecule has 0 bridgehead atoms. The van der Waals surface area contributed by atoms with Gasteiger partial charge >= 0.3 is 0 Å². The first kappa shape index (κ1) is 32.9. The van der Waals surface area contributed by atoms with Crippen LogP contribution in [0.25, 0.3) is 67.5 Å². The Morgan fingerprint density at radius 3 is 0.920 bits per heavy atom. The Morgan fingerprint density at radius 2 is 0.600 bits per heavy atom. The van der Waals surface area contributed by atoms with E-state index in [1.54, 1.807) is 0 Å². The van der Waals surface area contributed by atoms with Crippen LogP contribution in [0.15, 0.2) is 146 Å². The molecule has 0 unspecified atom stereocenters. The maximum atomic E-state index is 5.02. The highest BCUT2D eigenvalue weighted by atomic mass is 15.0. The molecule has 246 valence electrons. The van der Waals surface area contributed by atoms with Gasteiger partial charge in [0.2, 0.25) is 0 Å². The third-order valence-electron chi connectivity index (χ3n) is 9.44. The third-order valence-corrected chi connectivity index (χ3v) is 9.44. The van der Waals surface area contributed by atoms with E-state index in [1.807, 2.05) is 0 Å². The second-order valence-corrected chi connectivity index (χ2v) is 13.3. The molecule has 0 aliphatic rings. The second kappa shape index (κ2) is 15.3. The minimum absolute atomic E-state index is 0.654. The summed E-state index contributed by atoms with van der Waals surface area (Å²) in [6.45, 7) is 6.48. The molecule has 1 heterocycles. The van der Waals surface area contributed by atoms with Gasteiger partial charge in [-0.15, -0.1) is 0 Å². The van der Waals surface area contributed by atoms with Crippen molar-refractivity contribution in [3.05, 3.63) is 162 Å². The summed E-state index contributed by atoms with van der Waals surface area (Å²) >= 11 is 0. The summed E-state index contributed by atoms with van der Waals surface area (Å²) < 4.78 is 0. The fourth-order valence-corrected chi connectivity index (χ4v) is 6.31. The number of rotatable bonds is 11. The smallest absolute Gasteiger partial charge is 0.164 e. The number of benzene rings is 6. The lowest BCUT2D eigenvalue weighted by molar-refractivity contribution is 0.667. The molecule has 0 saturated carbocycles. The Bertz CT molecular complexity index is 2040. The standard InChI is InChI=1S/C47H43N3/c1-4-5-6-7-8-35-13-19-38(20-14-35)41-25-31-44(32-26-41)47-49-45(42-27-21-39(22-28-42)36-15-9-33(2)10-16-36)48-46(50-47)43-29-23-40(24-30-43)37-17-11-34(3)12-18-37/h9-32H,4-8H2,1-3H3. The zero-order chi connectivity index (χ0) is 34.3. The van der Waals surface area contributed by atoms with Gasteiger partial charge in [-0.1, -0.05) is 183 Å². The van der Waals surface area contributed by atoms with Gasteiger partial charge in [0, 0.05) is 16.7 Å². The van der Waals surface area contributed by atoms with Crippen molar-refractivity contribution in [2.24, 2.45) is 0 Å². The van der Waals surface area contributed by atoms with Crippen LogP contribution in [-0.4, -0.2) is 15.0 Å². The number of aromatic nitrogens is 3. The first-order chi connectivity index (χ1) is 24.5. The van der Waals surface area contributed by atoms with Crippen LogP contribution in [0.3, 0.4) is 0 Å². The molecular weight excluding hydrogens is 607 g/mol. The lowest BCUT2D eigenvalue weighted by Gasteiger charge is -2.11. The maximum Gasteiger partial charge on any atom is 0.164 e. The van der Waals surface area contributed by atoms with Gasteiger partial charge in [-0.05, 0) is 65.6 Å². The van der Waals surface area contributed by atoms with E-state index < -0.39 is 0 Å². The molecule has 7 aromatic rings. The third kappa shape index (κ3) is 7.79. The van der Waals surface area contributed by atoms with E-state index >= 15 is 0 Å². The minimum Gasteiger partial charge on any atom is -0.208 e. The van der Waals surface area contributed by atoms with Crippen LogP contribution in [0.1, 0.15) is 49.3 Å². The molecule has 0 N–H and O–H groups in total. The highest BCUT2D eigenvalue weighted by Crippen LogP contribution is 2.30. The SMILES string of the molecule is CCCCCCc1ccc(-c2ccc(-c3nc(-c4ccc(-c5ccc(C)cc5)cc4)nc(-c4ccc(-c5ccc(C)cc5)cc4)n3)cc2)cc1. The van der Waals surface area contributed by atoms with Gasteiger partial charge in [0.1, 0.15) is 0 Å². The Labute approximate surface area is 296 Å². The Balaban J connectivity index is 1.20. The van der Waals surface area contributed by atoms with E-state index in [4.69, 9.17) is 15.0 Å². The van der Waals surface area contributed by atoms with Crippen molar-refractivity contribution in [3.8, 4) is 67.5 Å².